The minimum Gasteiger partial charge on any atom is -0.491 e. The van der Waals surface area contributed by atoms with Gasteiger partial charge in [-0.2, -0.15) is 0 Å². The number of benzene rings is 1. The van der Waals surface area contributed by atoms with Crippen LogP contribution >= 0.6 is 11.3 Å². The highest BCUT2D eigenvalue weighted by molar-refractivity contribution is 7.09. The summed E-state index contributed by atoms with van der Waals surface area (Å²) in [6, 6.07) is 12.2. The Hall–Kier alpha value is -1.52. The summed E-state index contributed by atoms with van der Waals surface area (Å²) in [7, 11) is 0. The third kappa shape index (κ3) is 4.93. The van der Waals surface area contributed by atoms with Crippen LogP contribution in [0.2, 0.25) is 0 Å². The van der Waals surface area contributed by atoms with Gasteiger partial charge < -0.3 is 14.8 Å². The lowest BCUT2D eigenvalue weighted by Crippen LogP contribution is -2.06. The first-order valence-electron chi connectivity index (χ1n) is 6.45. The molecule has 0 saturated heterocycles. The van der Waals surface area contributed by atoms with Crippen LogP contribution in [0, 0.1) is 0 Å². The molecule has 102 valence electrons. The van der Waals surface area contributed by atoms with Gasteiger partial charge in [0.15, 0.2) is 0 Å². The van der Waals surface area contributed by atoms with Gasteiger partial charge in [-0.05, 0) is 42.6 Å². The zero-order valence-corrected chi connectivity index (χ0v) is 11.9. The summed E-state index contributed by atoms with van der Waals surface area (Å²) in [4.78, 5) is 1.33. The Kier molecular flexibility index (Phi) is 5.72. The van der Waals surface area contributed by atoms with Crippen molar-refractivity contribution >= 4 is 17.0 Å². The van der Waals surface area contributed by atoms with Gasteiger partial charge in [0.25, 0.3) is 0 Å². The summed E-state index contributed by atoms with van der Waals surface area (Å²) in [6.07, 6.45) is 0. The molecule has 0 aliphatic carbocycles. The molecular weight excluding hydrogens is 258 g/mol. The minimum atomic E-state index is 0.593. The van der Waals surface area contributed by atoms with Gasteiger partial charge in [-0.25, -0.2) is 0 Å². The standard InChI is InChI=1S/C15H19NO2S/c1-2-17-9-10-18-14-7-5-13(6-8-14)16-12-15-4-3-11-19-15/h3-8,11,16H,2,9-10,12H2,1H3. The first kappa shape index (κ1) is 13.9. The molecule has 0 aliphatic heterocycles. The number of hydrogen-bond acceptors (Lipinski definition) is 4. The van der Waals surface area contributed by atoms with E-state index in [4.69, 9.17) is 9.47 Å². The maximum absolute atomic E-state index is 5.56. The smallest absolute Gasteiger partial charge is 0.119 e. The molecule has 3 nitrogen and oxygen atoms in total. The Morgan fingerprint density at radius 3 is 2.63 bits per heavy atom. The molecule has 1 aromatic heterocycles. The Morgan fingerprint density at radius 2 is 1.95 bits per heavy atom. The van der Waals surface area contributed by atoms with Crippen molar-refractivity contribution in [2.24, 2.45) is 0 Å². The van der Waals surface area contributed by atoms with E-state index in [1.165, 1.54) is 4.88 Å². The molecule has 2 rings (SSSR count). The number of ether oxygens (including phenoxy) is 2. The number of hydrogen-bond donors (Lipinski definition) is 1. The Labute approximate surface area is 118 Å². The zero-order valence-electron chi connectivity index (χ0n) is 11.1. The van der Waals surface area contributed by atoms with Crippen LogP contribution in [0.4, 0.5) is 5.69 Å². The lowest BCUT2D eigenvalue weighted by molar-refractivity contribution is 0.110. The summed E-state index contributed by atoms with van der Waals surface area (Å²) in [5.74, 6) is 0.876. The summed E-state index contributed by atoms with van der Waals surface area (Å²) in [5.41, 5.74) is 1.10. The summed E-state index contributed by atoms with van der Waals surface area (Å²) in [5, 5.41) is 5.47. The van der Waals surface area contributed by atoms with Crippen LogP contribution in [0.15, 0.2) is 41.8 Å². The molecule has 0 saturated carbocycles. The number of rotatable bonds is 8. The largest absolute Gasteiger partial charge is 0.491 e. The first-order chi connectivity index (χ1) is 9.38. The van der Waals surface area contributed by atoms with Crippen molar-refractivity contribution in [2.75, 3.05) is 25.1 Å². The number of thiophene rings is 1. The highest BCUT2D eigenvalue weighted by Crippen LogP contribution is 2.17. The maximum Gasteiger partial charge on any atom is 0.119 e. The highest BCUT2D eigenvalue weighted by Gasteiger charge is 1.97. The van der Waals surface area contributed by atoms with E-state index in [1.807, 2.05) is 31.2 Å². The van der Waals surface area contributed by atoms with Gasteiger partial charge in [0.1, 0.15) is 12.4 Å². The van der Waals surface area contributed by atoms with Gasteiger partial charge >= 0.3 is 0 Å². The number of anilines is 1. The molecule has 0 fully saturated rings. The lowest BCUT2D eigenvalue weighted by atomic mass is 10.3. The average molecular weight is 277 g/mol. The predicted octanol–water partition coefficient (Wildman–Crippen LogP) is 3.78. The van der Waals surface area contributed by atoms with Crippen molar-refractivity contribution in [2.45, 2.75) is 13.5 Å². The Morgan fingerprint density at radius 1 is 1.11 bits per heavy atom. The van der Waals surface area contributed by atoms with Gasteiger partial charge in [-0.1, -0.05) is 6.07 Å². The Bertz CT molecular complexity index is 454. The van der Waals surface area contributed by atoms with E-state index >= 15 is 0 Å². The van der Waals surface area contributed by atoms with Crippen LogP contribution < -0.4 is 10.1 Å². The van der Waals surface area contributed by atoms with Crippen LogP contribution in [-0.4, -0.2) is 19.8 Å². The molecule has 0 unspecified atom stereocenters. The molecular formula is C15H19NO2S. The fraction of sp³-hybridized carbons (Fsp3) is 0.333. The van der Waals surface area contributed by atoms with E-state index in [0.29, 0.717) is 13.2 Å². The number of nitrogens with one attached hydrogen (secondary N) is 1. The predicted molar refractivity (Wildman–Crippen MR) is 80.1 cm³/mol. The van der Waals surface area contributed by atoms with Crippen LogP contribution in [-0.2, 0) is 11.3 Å². The molecule has 19 heavy (non-hydrogen) atoms. The fourth-order valence-electron chi connectivity index (χ4n) is 1.63. The second kappa shape index (κ2) is 7.81. The molecule has 1 N–H and O–H groups in total. The fourth-order valence-corrected chi connectivity index (χ4v) is 2.28. The zero-order chi connectivity index (χ0) is 13.3. The molecule has 0 amide bonds. The molecule has 0 aliphatic rings. The van der Waals surface area contributed by atoms with E-state index < -0.39 is 0 Å². The van der Waals surface area contributed by atoms with Crippen molar-refractivity contribution in [1.29, 1.82) is 0 Å². The average Bonchev–Trinajstić information content (AvgIpc) is 2.96. The van der Waals surface area contributed by atoms with E-state index in [9.17, 15) is 0 Å². The lowest BCUT2D eigenvalue weighted by Gasteiger charge is -2.08. The van der Waals surface area contributed by atoms with Gasteiger partial charge in [-0.15, -0.1) is 11.3 Å². The molecule has 0 spiro atoms. The topological polar surface area (TPSA) is 30.5 Å². The van der Waals surface area contributed by atoms with Crippen molar-refractivity contribution < 1.29 is 9.47 Å². The summed E-state index contributed by atoms with van der Waals surface area (Å²) < 4.78 is 10.8. The summed E-state index contributed by atoms with van der Waals surface area (Å²) in [6.45, 7) is 4.80. The first-order valence-corrected chi connectivity index (χ1v) is 7.33. The maximum atomic E-state index is 5.56. The van der Waals surface area contributed by atoms with Crippen LogP contribution in [0.5, 0.6) is 5.75 Å². The highest BCUT2D eigenvalue weighted by atomic mass is 32.1. The second-order valence-electron chi connectivity index (χ2n) is 4.00. The third-order valence-electron chi connectivity index (χ3n) is 2.60. The van der Waals surface area contributed by atoms with Crippen LogP contribution in [0.1, 0.15) is 11.8 Å². The second-order valence-corrected chi connectivity index (χ2v) is 5.03. The molecule has 0 bridgehead atoms. The molecule has 1 aromatic carbocycles. The molecule has 2 aromatic rings. The van der Waals surface area contributed by atoms with Gasteiger partial charge in [-0.3, -0.25) is 0 Å². The normalized spacial score (nSPS) is 10.4. The van der Waals surface area contributed by atoms with Gasteiger partial charge in [0.05, 0.1) is 6.61 Å². The Balaban J connectivity index is 1.74. The minimum absolute atomic E-state index is 0.593. The van der Waals surface area contributed by atoms with Gasteiger partial charge in [0.2, 0.25) is 0 Å². The summed E-state index contributed by atoms with van der Waals surface area (Å²) >= 11 is 1.76. The monoisotopic (exact) mass is 277 g/mol. The van der Waals surface area contributed by atoms with Crippen molar-refractivity contribution in [3.8, 4) is 5.75 Å². The molecule has 1 heterocycles. The van der Waals surface area contributed by atoms with E-state index in [1.54, 1.807) is 11.3 Å². The van der Waals surface area contributed by atoms with E-state index in [2.05, 4.69) is 22.8 Å². The third-order valence-corrected chi connectivity index (χ3v) is 3.48. The quantitative estimate of drug-likeness (QED) is 0.745. The van der Waals surface area contributed by atoms with Crippen LogP contribution in [0.25, 0.3) is 0 Å². The van der Waals surface area contributed by atoms with Crippen LogP contribution in [0.3, 0.4) is 0 Å². The molecule has 0 radical (unpaired) electrons. The van der Waals surface area contributed by atoms with Gasteiger partial charge in [0, 0.05) is 23.7 Å². The SMILES string of the molecule is CCOCCOc1ccc(NCc2cccs2)cc1. The molecule has 0 atom stereocenters. The van der Waals surface area contributed by atoms with Crippen molar-refractivity contribution in [3.05, 3.63) is 46.7 Å². The van der Waals surface area contributed by atoms with E-state index in [-0.39, 0.29) is 0 Å². The van der Waals surface area contributed by atoms with Crippen molar-refractivity contribution in [1.82, 2.24) is 0 Å². The van der Waals surface area contributed by atoms with Crippen molar-refractivity contribution in [3.63, 3.8) is 0 Å². The molecule has 4 heteroatoms. The van der Waals surface area contributed by atoms with E-state index in [0.717, 1.165) is 24.6 Å².